The summed E-state index contributed by atoms with van der Waals surface area (Å²) in [6.07, 6.45) is 0. The van der Waals surface area contributed by atoms with Gasteiger partial charge in [0.2, 0.25) is 0 Å². The summed E-state index contributed by atoms with van der Waals surface area (Å²) in [6, 6.07) is 8.61. The third-order valence-corrected chi connectivity index (χ3v) is 2.82. The normalized spacial score (nSPS) is 10.7. The number of hydrogen-bond donors (Lipinski definition) is 2. The van der Waals surface area contributed by atoms with Crippen LogP contribution < -0.4 is 10.1 Å². The molecule has 100 valence electrons. The van der Waals surface area contributed by atoms with Crippen molar-refractivity contribution in [2.75, 3.05) is 7.11 Å². The number of benzene rings is 2. The minimum absolute atomic E-state index is 0.0515. The lowest BCUT2D eigenvalue weighted by Crippen LogP contribution is -2.29. The molecule has 0 aliphatic rings. The molecule has 19 heavy (non-hydrogen) atoms. The fraction of sp³-hybridized carbons (Fsp3) is 0.267. The number of aromatic hydroxyl groups is 1. The Labute approximate surface area is 112 Å². The number of methoxy groups -OCH3 is 1. The van der Waals surface area contributed by atoms with Crippen LogP contribution >= 0.6 is 0 Å². The van der Waals surface area contributed by atoms with E-state index in [0.29, 0.717) is 16.7 Å². The molecule has 2 rings (SSSR count). The highest BCUT2D eigenvalue weighted by molar-refractivity contribution is 6.01. The van der Waals surface area contributed by atoms with E-state index in [1.807, 2.05) is 13.8 Å². The van der Waals surface area contributed by atoms with E-state index in [1.54, 1.807) is 31.4 Å². The van der Waals surface area contributed by atoms with Gasteiger partial charge in [0.1, 0.15) is 11.5 Å². The van der Waals surface area contributed by atoms with Crippen molar-refractivity contribution in [3.63, 3.8) is 0 Å². The molecule has 2 aromatic rings. The topological polar surface area (TPSA) is 58.6 Å². The summed E-state index contributed by atoms with van der Waals surface area (Å²) in [5, 5.41) is 14.2. The van der Waals surface area contributed by atoms with Crippen LogP contribution in [0, 0.1) is 0 Å². The second-order valence-corrected chi connectivity index (χ2v) is 4.71. The number of carbonyl (C=O) groups excluding carboxylic acids is 1. The van der Waals surface area contributed by atoms with Crippen LogP contribution in [0.25, 0.3) is 10.8 Å². The Morgan fingerprint density at radius 3 is 2.63 bits per heavy atom. The molecule has 0 bridgehead atoms. The summed E-state index contributed by atoms with van der Waals surface area (Å²) >= 11 is 0. The molecular weight excluding hydrogens is 242 g/mol. The minimum atomic E-state index is -0.199. The number of carbonyl (C=O) groups is 1. The largest absolute Gasteiger partial charge is 0.507 e. The minimum Gasteiger partial charge on any atom is -0.507 e. The number of amides is 1. The summed E-state index contributed by atoms with van der Waals surface area (Å²) < 4.78 is 5.14. The van der Waals surface area contributed by atoms with Gasteiger partial charge in [-0.05, 0) is 49.6 Å². The number of rotatable bonds is 3. The first-order valence-electron chi connectivity index (χ1n) is 6.13. The zero-order chi connectivity index (χ0) is 14.0. The Morgan fingerprint density at radius 2 is 2.00 bits per heavy atom. The molecule has 4 nitrogen and oxygen atoms in total. The first-order valence-corrected chi connectivity index (χ1v) is 6.13. The summed E-state index contributed by atoms with van der Waals surface area (Å²) in [5.41, 5.74) is 0.437. The molecule has 0 spiro atoms. The molecule has 0 aliphatic carbocycles. The van der Waals surface area contributed by atoms with Crippen LogP contribution in [0.1, 0.15) is 24.2 Å². The van der Waals surface area contributed by atoms with Gasteiger partial charge in [-0.15, -0.1) is 0 Å². The van der Waals surface area contributed by atoms with Gasteiger partial charge in [0, 0.05) is 17.0 Å². The third-order valence-electron chi connectivity index (χ3n) is 2.82. The molecule has 0 atom stereocenters. The molecule has 0 unspecified atom stereocenters. The highest BCUT2D eigenvalue weighted by atomic mass is 16.5. The molecule has 0 saturated carbocycles. The zero-order valence-electron chi connectivity index (χ0n) is 11.2. The first-order chi connectivity index (χ1) is 9.01. The summed E-state index contributed by atoms with van der Waals surface area (Å²) in [6.45, 7) is 3.78. The Hall–Kier alpha value is -2.23. The molecule has 1 amide bonds. The van der Waals surface area contributed by atoms with Crippen LogP contribution in [-0.4, -0.2) is 24.2 Å². The van der Waals surface area contributed by atoms with Crippen molar-refractivity contribution in [1.29, 1.82) is 0 Å². The van der Waals surface area contributed by atoms with Gasteiger partial charge >= 0.3 is 0 Å². The van der Waals surface area contributed by atoms with E-state index in [-0.39, 0.29) is 17.7 Å². The standard InChI is InChI=1S/C15H17NO3/c1-9(2)16-15(18)11-6-10-7-12(19-3)4-5-13(10)14(17)8-11/h4-9,17H,1-3H3,(H,16,18). The molecule has 4 heteroatoms. The molecule has 0 fully saturated rings. The highest BCUT2D eigenvalue weighted by Crippen LogP contribution is 2.29. The van der Waals surface area contributed by atoms with Gasteiger partial charge in [-0.2, -0.15) is 0 Å². The number of hydrogen-bond acceptors (Lipinski definition) is 3. The fourth-order valence-electron chi connectivity index (χ4n) is 1.93. The van der Waals surface area contributed by atoms with Crippen molar-refractivity contribution >= 4 is 16.7 Å². The Balaban J connectivity index is 2.50. The molecule has 2 aromatic carbocycles. The molecule has 0 heterocycles. The van der Waals surface area contributed by atoms with E-state index in [0.717, 1.165) is 5.39 Å². The molecular formula is C15H17NO3. The van der Waals surface area contributed by atoms with Gasteiger partial charge in [-0.3, -0.25) is 4.79 Å². The Kier molecular flexibility index (Phi) is 3.60. The quantitative estimate of drug-likeness (QED) is 0.891. The smallest absolute Gasteiger partial charge is 0.251 e. The van der Waals surface area contributed by atoms with Crippen molar-refractivity contribution in [3.05, 3.63) is 35.9 Å². The van der Waals surface area contributed by atoms with E-state index >= 15 is 0 Å². The lowest BCUT2D eigenvalue weighted by Gasteiger charge is -2.10. The van der Waals surface area contributed by atoms with Crippen molar-refractivity contribution in [1.82, 2.24) is 5.32 Å². The van der Waals surface area contributed by atoms with Crippen molar-refractivity contribution in [3.8, 4) is 11.5 Å². The van der Waals surface area contributed by atoms with Crippen LogP contribution in [0.4, 0.5) is 0 Å². The number of phenolic OH excluding ortho intramolecular Hbond substituents is 1. The summed E-state index contributed by atoms with van der Waals surface area (Å²) in [7, 11) is 1.58. The average Bonchev–Trinajstić information content (AvgIpc) is 2.37. The fourth-order valence-corrected chi connectivity index (χ4v) is 1.93. The molecule has 0 radical (unpaired) electrons. The lowest BCUT2D eigenvalue weighted by molar-refractivity contribution is 0.0943. The van der Waals surface area contributed by atoms with Crippen LogP contribution in [0.3, 0.4) is 0 Å². The predicted octanol–water partition coefficient (Wildman–Crippen LogP) is 2.69. The van der Waals surface area contributed by atoms with E-state index < -0.39 is 0 Å². The number of phenols is 1. The van der Waals surface area contributed by atoms with Crippen molar-refractivity contribution in [2.45, 2.75) is 19.9 Å². The van der Waals surface area contributed by atoms with E-state index in [2.05, 4.69) is 5.32 Å². The van der Waals surface area contributed by atoms with Gasteiger partial charge in [0.25, 0.3) is 5.91 Å². The van der Waals surface area contributed by atoms with E-state index in [9.17, 15) is 9.90 Å². The third kappa shape index (κ3) is 2.78. The lowest BCUT2D eigenvalue weighted by atomic mass is 10.0. The van der Waals surface area contributed by atoms with E-state index in [1.165, 1.54) is 6.07 Å². The van der Waals surface area contributed by atoms with Crippen LogP contribution in [-0.2, 0) is 0 Å². The van der Waals surface area contributed by atoms with Gasteiger partial charge in [-0.1, -0.05) is 0 Å². The maximum Gasteiger partial charge on any atom is 0.251 e. The SMILES string of the molecule is COc1ccc2c(O)cc(C(=O)NC(C)C)cc2c1. The van der Waals surface area contributed by atoms with Crippen LogP contribution in [0.2, 0.25) is 0 Å². The van der Waals surface area contributed by atoms with Gasteiger partial charge in [-0.25, -0.2) is 0 Å². The maximum atomic E-state index is 12.0. The van der Waals surface area contributed by atoms with E-state index in [4.69, 9.17) is 4.74 Å². The average molecular weight is 259 g/mol. The second-order valence-electron chi connectivity index (χ2n) is 4.71. The number of nitrogens with one attached hydrogen (secondary N) is 1. The zero-order valence-corrected chi connectivity index (χ0v) is 11.2. The Bertz CT molecular complexity index is 620. The highest BCUT2D eigenvalue weighted by Gasteiger charge is 2.11. The summed E-state index contributed by atoms with van der Waals surface area (Å²) in [5.74, 6) is 0.581. The Morgan fingerprint density at radius 1 is 1.26 bits per heavy atom. The predicted molar refractivity (Wildman–Crippen MR) is 74.8 cm³/mol. The molecule has 0 aliphatic heterocycles. The van der Waals surface area contributed by atoms with Crippen molar-refractivity contribution in [2.24, 2.45) is 0 Å². The second kappa shape index (κ2) is 5.18. The van der Waals surface area contributed by atoms with Crippen LogP contribution in [0.15, 0.2) is 30.3 Å². The summed E-state index contributed by atoms with van der Waals surface area (Å²) in [4.78, 5) is 12.0. The first kappa shape index (κ1) is 13.2. The van der Waals surface area contributed by atoms with Crippen LogP contribution in [0.5, 0.6) is 11.5 Å². The molecule has 2 N–H and O–H groups in total. The number of ether oxygens (including phenoxy) is 1. The molecule has 0 aromatic heterocycles. The van der Waals surface area contributed by atoms with Gasteiger partial charge in [0.15, 0.2) is 0 Å². The van der Waals surface area contributed by atoms with Crippen molar-refractivity contribution < 1.29 is 14.6 Å². The number of fused-ring (bicyclic) bond motifs is 1. The molecule has 0 saturated heterocycles. The monoisotopic (exact) mass is 259 g/mol. The van der Waals surface area contributed by atoms with Gasteiger partial charge < -0.3 is 15.2 Å². The maximum absolute atomic E-state index is 12.0. The van der Waals surface area contributed by atoms with Gasteiger partial charge in [0.05, 0.1) is 7.11 Å².